The standard InChI is InChI=1S/C11H15N3O3/c1-14-8-9(3-4-10(14)7-13-17)11(16)12-5-2-6-15/h3-4,7-8,15H,2,5-6H2,1H3,(H,12,16). The number of likely N-dealkylation sites (N-methyl/N-ethyl adjacent to an activating group) is 1. The van der Waals surface area contributed by atoms with Gasteiger partial charge in [0.1, 0.15) is 0 Å². The number of amides is 1. The van der Waals surface area contributed by atoms with Crippen LogP contribution in [0.15, 0.2) is 41.0 Å². The van der Waals surface area contributed by atoms with Gasteiger partial charge in [0.2, 0.25) is 0 Å². The predicted octanol–water partition coefficient (Wildman–Crippen LogP) is 0.478. The lowest BCUT2D eigenvalue weighted by Crippen LogP contribution is -2.28. The lowest BCUT2D eigenvalue weighted by atomic mass is 10.1. The summed E-state index contributed by atoms with van der Waals surface area (Å²) < 4.78 is 0. The fourth-order valence-corrected chi connectivity index (χ4v) is 1.32. The summed E-state index contributed by atoms with van der Waals surface area (Å²) in [4.78, 5) is 23.4. The fraction of sp³-hybridized carbons (Fsp3) is 0.364. The van der Waals surface area contributed by atoms with Gasteiger partial charge in [0.25, 0.3) is 5.91 Å². The molecule has 0 aromatic rings. The van der Waals surface area contributed by atoms with Crippen LogP contribution in [0.25, 0.3) is 0 Å². The van der Waals surface area contributed by atoms with Gasteiger partial charge in [-0.1, -0.05) is 0 Å². The van der Waals surface area contributed by atoms with E-state index in [9.17, 15) is 9.70 Å². The van der Waals surface area contributed by atoms with E-state index in [0.29, 0.717) is 24.2 Å². The molecular weight excluding hydrogens is 222 g/mol. The third kappa shape index (κ3) is 3.84. The molecule has 0 radical (unpaired) electrons. The summed E-state index contributed by atoms with van der Waals surface area (Å²) in [6.45, 7) is 0.482. The van der Waals surface area contributed by atoms with E-state index >= 15 is 0 Å². The van der Waals surface area contributed by atoms with Crippen LogP contribution in [0.4, 0.5) is 0 Å². The van der Waals surface area contributed by atoms with Crippen LogP contribution in [0.3, 0.4) is 0 Å². The van der Waals surface area contributed by atoms with Crippen molar-refractivity contribution in [1.82, 2.24) is 10.2 Å². The summed E-state index contributed by atoms with van der Waals surface area (Å²) in [6.07, 6.45) is 6.57. The molecule has 2 N–H and O–H groups in total. The lowest BCUT2D eigenvalue weighted by Gasteiger charge is -2.19. The topological polar surface area (TPSA) is 82.0 Å². The minimum absolute atomic E-state index is 0.0486. The van der Waals surface area contributed by atoms with E-state index in [2.05, 4.69) is 10.5 Å². The highest BCUT2D eigenvalue weighted by Gasteiger charge is 2.12. The van der Waals surface area contributed by atoms with Crippen molar-refractivity contribution in [2.24, 2.45) is 5.18 Å². The molecule has 6 heteroatoms. The number of rotatable bonds is 5. The molecule has 1 aliphatic heterocycles. The summed E-state index contributed by atoms with van der Waals surface area (Å²) in [5, 5.41) is 13.9. The van der Waals surface area contributed by atoms with Crippen molar-refractivity contribution >= 4 is 5.91 Å². The van der Waals surface area contributed by atoms with Crippen molar-refractivity contribution in [2.75, 3.05) is 20.2 Å². The minimum atomic E-state index is -0.209. The van der Waals surface area contributed by atoms with E-state index in [-0.39, 0.29) is 12.5 Å². The maximum Gasteiger partial charge on any atom is 0.252 e. The quantitative estimate of drug-likeness (QED) is 0.538. The smallest absolute Gasteiger partial charge is 0.252 e. The SMILES string of the molecule is CN1C=C(C(=O)NCCCO)C=CC1=CN=O. The summed E-state index contributed by atoms with van der Waals surface area (Å²) in [6, 6.07) is 0. The Morgan fingerprint density at radius 3 is 2.94 bits per heavy atom. The summed E-state index contributed by atoms with van der Waals surface area (Å²) >= 11 is 0. The van der Waals surface area contributed by atoms with Gasteiger partial charge in [-0.15, -0.1) is 4.91 Å². The van der Waals surface area contributed by atoms with Crippen molar-refractivity contribution in [3.63, 3.8) is 0 Å². The zero-order valence-electron chi connectivity index (χ0n) is 9.59. The molecule has 0 fully saturated rings. The van der Waals surface area contributed by atoms with Crippen molar-refractivity contribution in [2.45, 2.75) is 6.42 Å². The first-order chi connectivity index (χ1) is 8.19. The second kappa shape index (κ2) is 6.59. The van der Waals surface area contributed by atoms with Gasteiger partial charge in [-0.2, -0.15) is 0 Å². The molecule has 1 amide bonds. The molecule has 0 unspecified atom stereocenters. The van der Waals surface area contributed by atoms with Gasteiger partial charge in [0.15, 0.2) is 0 Å². The highest BCUT2D eigenvalue weighted by molar-refractivity contribution is 5.96. The average molecular weight is 237 g/mol. The maximum absolute atomic E-state index is 11.6. The molecule has 1 rings (SSSR count). The Morgan fingerprint density at radius 1 is 1.59 bits per heavy atom. The van der Waals surface area contributed by atoms with Crippen LogP contribution in [0.2, 0.25) is 0 Å². The highest BCUT2D eigenvalue weighted by Crippen LogP contribution is 2.14. The van der Waals surface area contributed by atoms with Crippen LogP contribution in [-0.4, -0.2) is 36.1 Å². The van der Waals surface area contributed by atoms with Gasteiger partial charge in [0, 0.05) is 26.4 Å². The molecule has 0 aliphatic carbocycles. The van der Waals surface area contributed by atoms with Gasteiger partial charge in [-0.05, 0) is 23.7 Å². The number of hydrogen-bond acceptors (Lipinski definition) is 5. The first kappa shape index (κ1) is 13.1. The predicted molar refractivity (Wildman–Crippen MR) is 63.6 cm³/mol. The van der Waals surface area contributed by atoms with E-state index < -0.39 is 0 Å². The van der Waals surface area contributed by atoms with E-state index in [0.717, 1.165) is 0 Å². The number of carbonyl (C=O) groups excluding carboxylic acids is 1. The Bertz CT molecular complexity index is 385. The van der Waals surface area contributed by atoms with Gasteiger partial charge >= 0.3 is 0 Å². The third-order valence-corrected chi connectivity index (χ3v) is 2.24. The molecule has 0 aromatic carbocycles. The summed E-state index contributed by atoms with van der Waals surface area (Å²) in [5.41, 5.74) is 1.11. The Kier molecular flexibility index (Phi) is 5.09. The van der Waals surface area contributed by atoms with Gasteiger partial charge in [-0.25, -0.2) is 0 Å². The molecule has 0 saturated carbocycles. The molecule has 0 bridgehead atoms. The van der Waals surface area contributed by atoms with Crippen molar-refractivity contribution in [3.8, 4) is 0 Å². The van der Waals surface area contributed by atoms with Crippen molar-refractivity contribution in [1.29, 1.82) is 0 Å². The van der Waals surface area contributed by atoms with Crippen LogP contribution < -0.4 is 5.32 Å². The molecule has 92 valence electrons. The number of nitrogens with zero attached hydrogens (tertiary/aromatic N) is 2. The monoisotopic (exact) mass is 237 g/mol. The van der Waals surface area contributed by atoms with E-state index in [1.165, 1.54) is 6.20 Å². The normalized spacial score (nSPS) is 16.9. The fourth-order valence-electron chi connectivity index (χ4n) is 1.32. The Balaban J connectivity index is 2.60. The minimum Gasteiger partial charge on any atom is -0.396 e. The number of nitroso groups, excluding NO2 is 1. The molecule has 6 nitrogen and oxygen atoms in total. The molecule has 0 aromatic heterocycles. The number of carbonyl (C=O) groups is 1. The molecule has 1 heterocycles. The Labute approximate surface area is 99.3 Å². The van der Waals surface area contributed by atoms with Gasteiger partial charge in [-0.3, -0.25) is 4.79 Å². The molecule has 0 saturated heterocycles. The first-order valence-electron chi connectivity index (χ1n) is 5.23. The molecule has 17 heavy (non-hydrogen) atoms. The van der Waals surface area contributed by atoms with E-state index in [1.807, 2.05) is 0 Å². The molecule has 1 aliphatic rings. The average Bonchev–Trinajstić information content (AvgIpc) is 2.32. The van der Waals surface area contributed by atoms with E-state index in [4.69, 9.17) is 5.11 Å². The van der Waals surface area contributed by atoms with Crippen LogP contribution in [0.1, 0.15) is 6.42 Å². The second-order valence-corrected chi connectivity index (χ2v) is 3.52. The Morgan fingerprint density at radius 2 is 2.35 bits per heavy atom. The number of hydrogen-bond donors (Lipinski definition) is 2. The molecule has 0 atom stereocenters. The first-order valence-corrected chi connectivity index (χ1v) is 5.23. The number of nitrogens with one attached hydrogen (secondary N) is 1. The largest absolute Gasteiger partial charge is 0.396 e. The van der Waals surface area contributed by atoms with Crippen molar-refractivity contribution < 1.29 is 9.90 Å². The van der Waals surface area contributed by atoms with Crippen LogP contribution in [0.5, 0.6) is 0 Å². The zero-order valence-corrected chi connectivity index (χ0v) is 9.59. The Hall–Kier alpha value is -1.95. The van der Waals surface area contributed by atoms with Crippen LogP contribution >= 0.6 is 0 Å². The van der Waals surface area contributed by atoms with E-state index in [1.54, 1.807) is 30.3 Å². The zero-order chi connectivity index (χ0) is 12.7. The van der Waals surface area contributed by atoms with Crippen LogP contribution in [0, 0.1) is 4.91 Å². The molecule has 0 spiro atoms. The van der Waals surface area contributed by atoms with Gasteiger partial charge in [0.05, 0.1) is 17.5 Å². The summed E-state index contributed by atoms with van der Waals surface area (Å²) in [5.74, 6) is -0.209. The van der Waals surface area contributed by atoms with Crippen molar-refractivity contribution in [3.05, 3.63) is 40.7 Å². The number of allylic oxidation sites excluding steroid dienone is 1. The van der Waals surface area contributed by atoms with Gasteiger partial charge < -0.3 is 15.3 Å². The number of aliphatic hydroxyl groups excluding tert-OH is 1. The lowest BCUT2D eigenvalue weighted by molar-refractivity contribution is -0.117. The summed E-state index contributed by atoms with van der Waals surface area (Å²) in [7, 11) is 1.72. The maximum atomic E-state index is 11.6. The third-order valence-electron chi connectivity index (χ3n) is 2.24. The highest BCUT2D eigenvalue weighted by atomic mass is 16.3. The molecular formula is C11H15N3O3. The van der Waals surface area contributed by atoms with Crippen LogP contribution in [-0.2, 0) is 4.79 Å². The second-order valence-electron chi connectivity index (χ2n) is 3.52. The number of aliphatic hydroxyl groups is 1.